The lowest BCUT2D eigenvalue weighted by atomic mass is 10.1. The fraction of sp³-hybridized carbons (Fsp3) is 0.417. The number of halogens is 1. The summed E-state index contributed by atoms with van der Waals surface area (Å²) in [7, 11) is 1.36. The molecule has 4 heteroatoms. The van der Waals surface area contributed by atoms with Gasteiger partial charge in [0.15, 0.2) is 0 Å². The molecule has 0 aromatic heterocycles. The van der Waals surface area contributed by atoms with Crippen molar-refractivity contribution in [1.29, 1.82) is 0 Å². The van der Waals surface area contributed by atoms with E-state index in [1.807, 2.05) is 6.92 Å². The minimum absolute atomic E-state index is 0.296. The van der Waals surface area contributed by atoms with E-state index in [1.165, 1.54) is 19.2 Å². The molecule has 1 rings (SSSR count). The van der Waals surface area contributed by atoms with Crippen LogP contribution in [0, 0.1) is 5.82 Å². The molecular formula is C12H16FNO2. The van der Waals surface area contributed by atoms with Crippen LogP contribution >= 0.6 is 0 Å². The Labute approximate surface area is 94.6 Å². The fourth-order valence-corrected chi connectivity index (χ4v) is 1.43. The van der Waals surface area contributed by atoms with Crippen LogP contribution in [0.15, 0.2) is 24.3 Å². The van der Waals surface area contributed by atoms with Crippen molar-refractivity contribution in [2.75, 3.05) is 12.4 Å². The van der Waals surface area contributed by atoms with E-state index >= 15 is 0 Å². The number of methoxy groups -OCH3 is 1. The molecule has 1 aromatic rings. The topological polar surface area (TPSA) is 38.3 Å². The van der Waals surface area contributed by atoms with E-state index < -0.39 is 0 Å². The van der Waals surface area contributed by atoms with Gasteiger partial charge in [0.05, 0.1) is 7.11 Å². The highest BCUT2D eigenvalue weighted by molar-refractivity contribution is 5.79. The largest absolute Gasteiger partial charge is 0.467 e. The quantitative estimate of drug-likeness (QED) is 0.783. The van der Waals surface area contributed by atoms with Crippen LogP contribution in [0.4, 0.5) is 10.1 Å². The van der Waals surface area contributed by atoms with Gasteiger partial charge in [-0.1, -0.05) is 13.3 Å². The van der Waals surface area contributed by atoms with Gasteiger partial charge in [0.1, 0.15) is 11.9 Å². The maximum Gasteiger partial charge on any atom is 0.328 e. The normalized spacial score (nSPS) is 11.9. The Kier molecular flexibility index (Phi) is 4.76. The molecule has 0 aliphatic heterocycles. The summed E-state index contributed by atoms with van der Waals surface area (Å²) in [6.07, 6.45) is 1.55. The molecule has 0 aliphatic rings. The zero-order valence-corrected chi connectivity index (χ0v) is 9.50. The third kappa shape index (κ3) is 3.53. The summed E-state index contributed by atoms with van der Waals surface area (Å²) >= 11 is 0. The Morgan fingerprint density at radius 1 is 1.44 bits per heavy atom. The first-order valence-corrected chi connectivity index (χ1v) is 5.27. The summed E-state index contributed by atoms with van der Waals surface area (Å²) in [5.41, 5.74) is 0.713. The number of nitrogens with one attached hydrogen (secondary N) is 1. The Bertz CT molecular complexity index is 337. The number of hydrogen-bond donors (Lipinski definition) is 1. The van der Waals surface area contributed by atoms with Gasteiger partial charge in [-0.3, -0.25) is 0 Å². The van der Waals surface area contributed by atoms with Gasteiger partial charge >= 0.3 is 5.97 Å². The standard InChI is InChI=1S/C12H16FNO2/c1-3-4-11(12(15)16-2)14-10-7-5-9(13)6-8-10/h5-8,11,14H,3-4H2,1-2H3. The average Bonchev–Trinajstić information content (AvgIpc) is 2.30. The van der Waals surface area contributed by atoms with Crippen LogP contribution in [0.5, 0.6) is 0 Å². The molecule has 0 amide bonds. The number of ether oxygens (including phenoxy) is 1. The molecule has 88 valence electrons. The molecule has 1 atom stereocenters. The minimum Gasteiger partial charge on any atom is -0.467 e. The molecule has 3 nitrogen and oxygen atoms in total. The second kappa shape index (κ2) is 6.10. The second-order valence-electron chi connectivity index (χ2n) is 3.52. The number of carbonyl (C=O) groups excluding carboxylic acids is 1. The van der Waals surface area contributed by atoms with E-state index in [0.29, 0.717) is 12.1 Å². The van der Waals surface area contributed by atoms with Gasteiger partial charge in [-0.25, -0.2) is 9.18 Å². The van der Waals surface area contributed by atoms with Crippen LogP contribution in [0.2, 0.25) is 0 Å². The first-order valence-electron chi connectivity index (χ1n) is 5.27. The molecule has 0 aliphatic carbocycles. The molecule has 0 heterocycles. The molecule has 0 radical (unpaired) electrons. The number of hydrogen-bond acceptors (Lipinski definition) is 3. The van der Waals surface area contributed by atoms with E-state index in [-0.39, 0.29) is 17.8 Å². The Hall–Kier alpha value is -1.58. The molecule has 1 unspecified atom stereocenters. The highest BCUT2D eigenvalue weighted by Gasteiger charge is 2.17. The van der Waals surface area contributed by atoms with Crippen molar-refractivity contribution >= 4 is 11.7 Å². The Morgan fingerprint density at radius 3 is 2.56 bits per heavy atom. The number of rotatable bonds is 5. The Balaban J connectivity index is 2.67. The molecule has 1 aromatic carbocycles. The first-order chi connectivity index (χ1) is 7.67. The molecule has 0 bridgehead atoms. The maximum atomic E-state index is 12.7. The van der Waals surface area contributed by atoms with E-state index in [2.05, 4.69) is 10.1 Å². The number of esters is 1. The Morgan fingerprint density at radius 2 is 2.06 bits per heavy atom. The fourth-order valence-electron chi connectivity index (χ4n) is 1.43. The molecule has 0 spiro atoms. The van der Waals surface area contributed by atoms with Crippen molar-refractivity contribution in [2.24, 2.45) is 0 Å². The predicted octanol–water partition coefficient (Wildman–Crippen LogP) is 2.58. The van der Waals surface area contributed by atoms with Crippen LogP contribution in [0.1, 0.15) is 19.8 Å². The molecular weight excluding hydrogens is 209 g/mol. The lowest BCUT2D eigenvalue weighted by Crippen LogP contribution is -2.30. The summed E-state index contributed by atoms with van der Waals surface area (Å²) in [6, 6.07) is 5.52. The summed E-state index contributed by atoms with van der Waals surface area (Å²) in [5, 5.41) is 3.02. The first kappa shape index (κ1) is 12.5. The number of anilines is 1. The van der Waals surface area contributed by atoms with Gasteiger partial charge in [0.25, 0.3) is 0 Å². The molecule has 1 N–H and O–H groups in total. The van der Waals surface area contributed by atoms with Crippen LogP contribution in [0.3, 0.4) is 0 Å². The molecule has 16 heavy (non-hydrogen) atoms. The van der Waals surface area contributed by atoms with Gasteiger partial charge in [0, 0.05) is 5.69 Å². The van der Waals surface area contributed by atoms with Crippen molar-refractivity contribution in [1.82, 2.24) is 0 Å². The highest BCUT2D eigenvalue weighted by Crippen LogP contribution is 2.12. The van der Waals surface area contributed by atoms with Gasteiger partial charge in [-0.05, 0) is 30.7 Å². The summed E-state index contributed by atoms with van der Waals surface area (Å²) in [4.78, 5) is 11.4. The summed E-state index contributed by atoms with van der Waals surface area (Å²) < 4.78 is 17.4. The van der Waals surface area contributed by atoms with E-state index in [1.54, 1.807) is 12.1 Å². The highest BCUT2D eigenvalue weighted by atomic mass is 19.1. The zero-order chi connectivity index (χ0) is 12.0. The molecule has 0 saturated heterocycles. The van der Waals surface area contributed by atoms with Crippen molar-refractivity contribution in [3.05, 3.63) is 30.1 Å². The monoisotopic (exact) mass is 225 g/mol. The maximum absolute atomic E-state index is 12.7. The third-order valence-electron chi connectivity index (χ3n) is 2.25. The molecule has 0 saturated carbocycles. The second-order valence-corrected chi connectivity index (χ2v) is 3.52. The van der Waals surface area contributed by atoms with Crippen LogP contribution in [-0.4, -0.2) is 19.1 Å². The third-order valence-corrected chi connectivity index (χ3v) is 2.25. The van der Waals surface area contributed by atoms with E-state index in [9.17, 15) is 9.18 Å². The van der Waals surface area contributed by atoms with Gasteiger partial charge < -0.3 is 10.1 Å². The SMILES string of the molecule is CCCC(Nc1ccc(F)cc1)C(=O)OC. The van der Waals surface area contributed by atoms with E-state index in [0.717, 1.165) is 6.42 Å². The number of carbonyl (C=O) groups is 1. The average molecular weight is 225 g/mol. The zero-order valence-electron chi connectivity index (χ0n) is 9.50. The van der Waals surface area contributed by atoms with Crippen LogP contribution in [-0.2, 0) is 9.53 Å². The predicted molar refractivity (Wildman–Crippen MR) is 60.7 cm³/mol. The smallest absolute Gasteiger partial charge is 0.328 e. The van der Waals surface area contributed by atoms with Crippen molar-refractivity contribution in [3.63, 3.8) is 0 Å². The lowest BCUT2D eigenvalue weighted by Gasteiger charge is -2.16. The lowest BCUT2D eigenvalue weighted by molar-refractivity contribution is -0.141. The minimum atomic E-state index is -0.375. The van der Waals surface area contributed by atoms with E-state index in [4.69, 9.17) is 0 Å². The summed E-state index contributed by atoms with van der Waals surface area (Å²) in [5.74, 6) is -0.596. The van der Waals surface area contributed by atoms with Crippen molar-refractivity contribution < 1.29 is 13.9 Å². The van der Waals surface area contributed by atoms with Gasteiger partial charge in [-0.2, -0.15) is 0 Å². The van der Waals surface area contributed by atoms with Crippen LogP contribution < -0.4 is 5.32 Å². The van der Waals surface area contributed by atoms with Gasteiger partial charge in [0.2, 0.25) is 0 Å². The van der Waals surface area contributed by atoms with Crippen molar-refractivity contribution in [2.45, 2.75) is 25.8 Å². The molecule has 0 fully saturated rings. The number of benzene rings is 1. The van der Waals surface area contributed by atoms with Gasteiger partial charge in [-0.15, -0.1) is 0 Å². The van der Waals surface area contributed by atoms with Crippen LogP contribution in [0.25, 0.3) is 0 Å². The summed E-state index contributed by atoms with van der Waals surface area (Å²) in [6.45, 7) is 1.99. The van der Waals surface area contributed by atoms with Crippen molar-refractivity contribution in [3.8, 4) is 0 Å².